The van der Waals surface area contributed by atoms with Crippen molar-refractivity contribution in [1.29, 1.82) is 0 Å². The quantitative estimate of drug-likeness (QED) is 0.479. The van der Waals surface area contributed by atoms with Gasteiger partial charge in [-0.1, -0.05) is 43.7 Å². The molecule has 2 aliphatic rings. The molecule has 154 valence electrons. The minimum atomic E-state index is -0.571. The average molecular weight is 390 g/mol. The summed E-state index contributed by atoms with van der Waals surface area (Å²) in [4.78, 5) is 32.1. The molecule has 1 saturated heterocycles. The summed E-state index contributed by atoms with van der Waals surface area (Å²) in [6.45, 7) is 3.45. The van der Waals surface area contributed by atoms with Gasteiger partial charge in [0, 0.05) is 18.5 Å². The molecular formula is C21H30N2O5. The first-order chi connectivity index (χ1) is 13.5. The van der Waals surface area contributed by atoms with E-state index in [1.165, 1.54) is 12.2 Å². The fraction of sp³-hybridized carbons (Fsp3) is 0.619. The molecule has 7 heteroatoms. The fourth-order valence-electron chi connectivity index (χ4n) is 3.94. The molecule has 1 aliphatic heterocycles. The van der Waals surface area contributed by atoms with Gasteiger partial charge < -0.3 is 9.47 Å². The molecule has 0 N–H and O–H groups in total. The van der Waals surface area contributed by atoms with Gasteiger partial charge in [-0.25, -0.2) is 9.86 Å². The van der Waals surface area contributed by atoms with Crippen LogP contribution >= 0.6 is 0 Å². The predicted molar refractivity (Wildman–Crippen MR) is 103 cm³/mol. The molecule has 28 heavy (non-hydrogen) atoms. The van der Waals surface area contributed by atoms with E-state index >= 15 is 0 Å². The Morgan fingerprint density at radius 3 is 2.68 bits per heavy atom. The van der Waals surface area contributed by atoms with Gasteiger partial charge in [0.05, 0.1) is 26.9 Å². The van der Waals surface area contributed by atoms with E-state index in [0.29, 0.717) is 26.2 Å². The molecule has 7 nitrogen and oxygen atoms in total. The van der Waals surface area contributed by atoms with Gasteiger partial charge in [-0.05, 0) is 24.8 Å². The lowest BCUT2D eigenvalue weighted by molar-refractivity contribution is -0.173. The lowest BCUT2D eigenvalue weighted by Gasteiger charge is -2.28. The summed E-state index contributed by atoms with van der Waals surface area (Å²) in [6, 6.07) is 9.39. The normalized spacial score (nSPS) is 25.3. The summed E-state index contributed by atoms with van der Waals surface area (Å²) in [7, 11) is 3.00. The number of amides is 2. The molecule has 3 atom stereocenters. The number of carbonyl (C=O) groups excluding carboxylic acids is 2. The molecule has 0 spiro atoms. The second-order valence-corrected chi connectivity index (χ2v) is 7.67. The number of nitrogens with zero attached hydrogens (tertiary/aromatic N) is 2. The maximum Gasteiger partial charge on any atom is 0.410 e. The van der Waals surface area contributed by atoms with Crippen LogP contribution < -0.4 is 0 Å². The highest BCUT2D eigenvalue weighted by atomic mass is 16.7. The maximum absolute atomic E-state index is 12.7. The minimum absolute atomic E-state index is 0.0170. The van der Waals surface area contributed by atoms with E-state index in [9.17, 15) is 9.59 Å². The Morgan fingerprint density at radius 2 is 2.00 bits per heavy atom. The van der Waals surface area contributed by atoms with Crippen molar-refractivity contribution < 1.29 is 23.9 Å². The lowest BCUT2D eigenvalue weighted by Crippen LogP contribution is -2.48. The molecule has 0 bridgehead atoms. The summed E-state index contributed by atoms with van der Waals surface area (Å²) in [5.74, 6) is -0.232. The van der Waals surface area contributed by atoms with Crippen LogP contribution in [-0.4, -0.2) is 61.4 Å². The number of benzene rings is 1. The van der Waals surface area contributed by atoms with Crippen LogP contribution in [0.15, 0.2) is 30.3 Å². The molecule has 2 amide bonds. The zero-order valence-corrected chi connectivity index (χ0v) is 16.9. The van der Waals surface area contributed by atoms with Crippen molar-refractivity contribution in [3.8, 4) is 0 Å². The first-order valence-electron chi connectivity index (χ1n) is 9.91. The van der Waals surface area contributed by atoms with Gasteiger partial charge in [0.15, 0.2) is 0 Å². The third-order valence-electron chi connectivity index (χ3n) is 5.72. The van der Waals surface area contributed by atoms with Crippen molar-refractivity contribution in [2.45, 2.75) is 51.3 Å². The highest BCUT2D eigenvalue weighted by Gasteiger charge is 2.68. The number of unbranched alkanes of at least 4 members (excludes halogenated alkanes) is 1. The number of hydrogen-bond donors (Lipinski definition) is 0. The van der Waals surface area contributed by atoms with Crippen LogP contribution in [0.5, 0.6) is 0 Å². The molecule has 1 aromatic rings. The number of ether oxygens (including phenoxy) is 2. The summed E-state index contributed by atoms with van der Waals surface area (Å²) in [6.07, 6.45) is 2.76. The zero-order chi connectivity index (χ0) is 20.1. The zero-order valence-electron chi connectivity index (χ0n) is 16.9. The first-order valence-corrected chi connectivity index (χ1v) is 9.91. The summed E-state index contributed by atoms with van der Waals surface area (Å²) in [5.41, 5.74) is 0.935. The Balaban J connectivity index is 1.64. The van der Waals surface area contributed by atoms with E-state index in [1.807, 2.05) is 37.3 Å². The molecule has 3 rings (SSSR count). The van der Waals surface area contributed by atoms with Crippen LogP contribution in [0.1, 0.15) is 38.2 Å². The van der Waals surface area contributed by atoms with Crippen LogP contribution in [0.4, 0.5) is 4.79 Å². The van der Waals surface area contributed by atoms with Crippen LogP contribution in [0.25, 0.3) is 0 Å². The minimum Gasteiger partial charge on any atom is -0.449 e. The Bertz CT molecular complexity index is 683. The van der Waals surface area contributed by atoms with E-state index < -0.39 is 12.1 Å². The van der Waals surface area contributed by atoms with Gasteiger partial charge in [0.25, 0.3) is 5.91 Å². The van der Waals surface area contributed by atoms with E-state index in [4.69, 9.17) is 14.3 Å². The monoisotopic (exact) mass is 390 g/mol. The Hall–Kier alpha value is -2.12. The molecule has 0 radical (unpaired) electrons. The van der Waals surface area contributed by atoms with Crippen molar-refractivity contribution >= 4 is 12.0 Å². The Kier molecular flexibility index (Phi) is 6.57. The van der Waals surface area contributed by atoms with Gasteiger partial charge >= 0.3 is 6.09 Å². The first kappa shape index (κ1) is 20.6. The van der Waals surface area contributed by atoms with Gasteiger partial charge in [-0.2, -0.15) is 0 Å². The van der Waals surface area contributed by atoms with E-state index in [2.05, 4.69) is 0 Å². The lowest BCUT2D eigenvalue weighted by atomic mass is 10.00. The fourth-order valence-corrected chi connectivity index (χ4v) is 3.94. The van der Waals surface area contributed by atoms with Gasteiger partial charge in [0.1, 0.15) is 6.04 Å². The van der Waals surface area contributed by atoms with E-state index in [-0.39, 0.29) is 17.4 Å². The number of fused-ring (bicyclic) bond motifs is 1. The number of likely N-dealkylation sites (N-methyl/N-ethyl adjacent to an activating group) is 1. The molecule has 1 aromatic carbocycles. The molecule has 2 fully saturated rings. The Labute approximate surface area is 166 Å². The molecule has 1 heterocycles. The number of rotatable bonds is 9. The van der Waals surface area contributed by atoms with Gasteiger partial charge in [-0.3, -0.25) is 14.5 Å². The average Bonchev–Trinajstić information content (AvgIpc) is 3.31. The largest absolute Gasteiger partial charge is 0.449 e. The number of hydroxylamine groups is 2. The van der Waals surface area contributed by atoms with Gasteiger partial charge in [-0.15, -0.1) is 0 Å². The van der Waals surface area contributed by atoms with Crippen LogP contribution in [0.3, 0.4) is 0 Å². The third kappa shape index (κ3) is 4.31. The van der Waals surface area contributed by atoms with Crippen molar-refractivity contribution in [2.75, 3.05) is 27.4 Å². The number of hydrogen-bond acceptors (Lipinski definition) is 5. The molecule has 1 saturated carbocycles. The van der Waals surface area contributed by atoms with Crippen LogP contribution in [0, 0.1) is 5.41 Å². The standard InChI is InChI=1S/C21H30N2O5/c1-4-5-11-28-20(25)23-17(19(24)22(2)26-3)12-21(13-18(21)23)15-27-14-16-9-7-6-8-10-16/h6-10,17-18H,4-5,11-15H2,1-3H3. The van der Waals surface area contributed by atoms with Crippen molar-refractivity contribution in [1.82, 2.24) is 9.96 Å². The van der Waals surface area contributed by atoms with Crippen molar-refractivity contribution in [3.05, 3.63) is 35.9 Å². The van der Waals surface area contributed by atoms with E-state index in [1.54, 1.807) is 11.9 Å². The van der Waals surface area contributed by atoms with Crippen LogP contribution in [0.2, 0.25) is 0 Å². The summed E-state index contributed by atoms with van der Waals surface area (Å²) >= 11 is 0. The highest BCUT2D eigenvalue weighted by molar-refractivity contribution is 5.86. The topological polar surface area (TPSA) is 68.3 Å². The second-order valence-electron chi connectivity index (χ2n) is 7.67. The molecule has 0 aromatic heterocycles. The molecular weight excluding hydrogens is 360 g/mol. The predicted octanol–water partition coefficient (Wildman–Crippen LogP) is 2.99. The van der Waals surface area contributed by atoms with Crippen LogP contribution in [-0.2, 0) is 25.7 Å². The third-order valence-corrected chi connectivity index (χ3v) is 5.72. The number of carbonyl (C=O) groups is 2. The van der Waals surface area contributed by atoms with Crippen molar-refractivity contribution in [3.63, 3.8) is 0 Å². The number of piperidine rings is 1. The molecule has 1 aliphatic carbocycles. The second kappa shape index (κ2) is 8.92. The highest BCUT2D eigenvalue weighted by Crippen LogP contribution is 2.60. The smallest absolute Gasteiger partial charge is 0.410 e. The van der Waals surface area contributed by atoms with E-state index in [0.717, 1.165) is 24.8 Å². The molecule has 3 unspecified atom stereocenters. The number of likely N-dealkylation sites (tertiary alicyclic amines) is 1. The van der Waals surface area contributed by atoms with Gasteiger partial charge in [0.2, 0.25) is 0 Å². The summed E-state index contributed by atoms with van der Waals surface area (Å²) < 4.78 is 11.4. The summed E-state index contributed by atoms with van der Waals surface area (Å²) in [5, 5.41) is 1.18. The SMILES string of the molecule is CCCCOC(=O)N1C(C(=O)N(C)OC)CC2(COCc3ccccc3)CC12. The Morgan fingerprint density at radius 1 is 1.25 bits per heavy atom. The van der Waals surface area contributed by atoms with Crippen molar-refractivity contribution in [2.24, 2.45) is 5.41 Å². The maximum atomic E-state index is 12.7.